The van der Waals surface area contributed by atoms with Crippen LogP contribution in [-0.2, 0) is 23.4 Å². The molecule has 21 heavy (non-hydrogen) atoms. The van der Waals surface area contributed by atoms with Crippen LogP contribution in [0.4, 0.5) is 4.39 Å². The molecular weight excluding hydrogens is 275 g/mol. The van der Waals surface area contributed by atoms with Gasteiger partial charge in [-0.05, 0) is 38.5 Å². The topological polar surface area (TPSA) is 72.2 Å². The van der Waals surface area contributed by atoms with Crippen molar-refractivity contribution in [3.63, 3.8) is 0 Å². The fraction of sp³-hybridized carbons (Fsp3) is 0.400. The smallest absolute Gasteiger partial charge is 0.309 e. The van der Waals surface area contributed by atoms with Crippen LogP contribution in [-0.4, -0.2) is 20.9 Å². The number of hydrogen-bond donors (Lipinski definition) is 1. The highest BCUT2D eigenvalue weighted by molar-refractivity contribution is 5.81. The molecule has 5 nitrogen and oxygen atoms in total. The number of carbonyl (C=O) groups is 1. The highest BCUT2D eigenvalue weighted by Gasteiger charge is 2.21. The van der Waals surface area contributed by atoms with Gasteiger partial charge in [-0.2, -0.15) is 5.10 Å². The maximum absolute atomic E-state index is 14.1. The normalized spacial score (nSPS) is 11.8. The summed E-state index contributed by atoms with van der Waals surface area (Å²) in [6.45, 7) is 5.16. The van der Waals surface area contributed by atoms with E-state index < -0.39 is 23.5 Å². The van der Waals surface area contributed by atoms with Gasteiger partial charge in [0.05, 0.1) is 11.9 Å². The molecule has 1 N–H and O–H groups in total. The van der Waals surface area contributed by atoms with Crippen molar-refractivity contribution in [2.75, 3.05) is 0 Å². The summed E-state index contributed by atoms with van der Waals surface area (Å²) in [5.74, 6) is -1.11. The predicted octanol–water partition coefficient (Wildman–Crippen LogP) is 2.25. The molecule has 0 atom stereocenters. The monoisotopic (exact) mass is 292 g/mol. The van der Waals surface area contributed by atoms with Crippen LogP contribution in [0.3, 0.4) is 0 Å². The van der Waals surface area contributed by atoms with Crippen LogP contribution >= 0.6 is 0 Å². The first-order valence-electron chi connectivity index (χ1n) is 6.69. The summed E-state index contributed by atoms with van der Waals surface area (Å²) in [5, 5.41) is 13.3. The van der Waals surface area contributed by atoms with Gasteiger partial charge in [0.2, 0.25) is 5.43 Å². The van der Waals surface area contributed by atoms with Gasteiger partial charge in [-0.15, -0.1) is 0 Å². The van der Waals surface area contributed by atoms with E-state index in [0.29, 0.717) is 23.0 Å². The number of carboxylic acid groups (broad SMARTS) is 1. The molecule has 0 unspecified atom stereocenters. The van der Waals surface area contributed by atoms with Crippen LogP contribution < -0.4 is 5.43 Å². The largest absolute Gasteiger partial charge is 0.481 e. The number of aryl methyl sites for hydroxylation is 1. The van der Waals surface area contributed by atoms with Crippen molar-refractivity contribution in [2.45, 2.75) is 39.4 Å². The predicted molar refractivity (Wildman–Crippen MR) is 77.2 cm³/mol. The summed E-state index contributed by atoms with van der Waals surface area (Å²) in [4.78, 5) is 23.1. The molecule has 0 saturated heterocycles. The van der Waals surface area contributed by atoms with Crippen LogP contribution in [0, 0.1) is 0 Å². The van der Waals surface area contributed by atoms with Gasteiger partial charge in [0.1, 0.15) is 11.4 Å². The van der Waals surface area contributed by atoms with Crippen molar-refractivity contribution >= 4 is 16.9 Å². The van der Waals surface area contributed by atoms with Crippen molar-refractivity contribution < 1.29 is 14.3 Å². The van der Waals surface area contributed by atoms with Gasteiger partial charge in [-0.1, -0.05) is 6.07 Å². The van der Waals surface area contributed by atoms with Crippen molar-refractivity contribution in [3.8, 4) is 0 Å². The summed E-state index contributed by atoms with van der Waals surface area (Å²) < 4.78 is 15.6. The first-order chi connectivity index (χ1) is 9.74. The molecule has 6 heteroatoms. The number of halogens is 1. The second-order valence-corrected chi connectivity index (χ2v) is 5.37. The molecule has 0 fully saturated rings. The molecule has 0 amide bonds. The molecule has 0 aliphatic carbocycles. The Kier molecular flexibility index (Phi) is 3.80. The quantitative estimate of drug-likeness (QED) is 0.938. The van der Waals surface area contributed by atoms with Crippen LogP contribution in [0.2, 0.25) is 0 Å². The van der Waals surface area contributed by atoms with Crippen molar-refractivity contribution in [1.29, 1.82) is 0 Å². The molecule has 0 spiro atoms. The Balaban J connectivity index is 2.76. The maximum atomic E-state index is 14.1. The van der Waals surface area contributed by atoms with Gasteiger partial charge in [-0.3, -0.25) is 14.3 Å². The van der Waals surface area contributed by atoms with Gasteiger partial charge in [-0.25, -0.2) is 4.39 Å². The number of benzene rings is 1. The van der Waals surface area contributed by atoms with Crippen LogP contribution in [0.15, 0.2) is 23.0 Å². The lowest BCUT2D eigenvalue weighted by molar-refractivity contribution is -0.136. The summed E-state index contributed by atoms with van der Waals surface area (Å²) in [6.07, 6.45) is -0.425. The molecule has 0 saturated carbocycles. The van der Waals surface area contributed by atoms with Crippen molar-refractivity contribution in [2.24, 2.45) is 0 Å². The second kappa shape index (κ2) is 5.27. The standard InChI is InChI=1S/C15H17FN2O3/c1-4-18-12-7-9(15(2,3)16)5-6-10(12)14(21)11(17-18)8-13(19)20/h5-7H,4,8H2,1-3H3,(H,19,20). The summed E-state index contributed by atoms with van der Waals surface area (Å²) in [6, 6.07) is 4.68. The summed E-state index contributed by atoms with van der Waals surface area (Å²) >= 11 is 0. The molecule has 0 aliphatic rings. The average Bonchev–Trinajstić information content (AvgIpc) is 2.40. The van der Waals surface area contributed by atoms with Crippen LogP contribution in [0.25, 0.3) is 10.9 Å². The van der Waals surface area contributed by atoms with E-state index in [4.69, 9.17) is 5.11 Å². The fourth-order valence-electron chi connectivity index (χ4n) is 2.21. The summed E-state index contributed by atoms with van der Waals surface area (Å²) in [7, 11) is 0. The fourth-order valence-corrected chi connectivity index (χ4v) is 2.21. The molecule has 1 heterocycles. The molecule has 0 radical (unpaired) electrons. The number of rotatable bonds is 4. The lowest BCUT2D eigenvalue weighted by atomic mass is 9.98. The number of fused-ring (bicyclic) bond motifs is 1. The number of aromatic nitrogens is 2. The third-order valence-electron chi connectivity index (χ3n) is 3.33. The van der Waals surface area contributed by atoms with Gasteiger partial charge < -0.3 is 5.11 Å². The van der Waals surface area contributed by atoms with E-state index in [1.165, 1.54) is 24.6 Å². The van der Waals surface area contributed by atoms with Gasteiger partial charge in [0, 0.05) is 11.9 Å². The molecule has 112 valence electrons. The highest BCUT2D eigenvalue weighted by atomic mass is 19.1. The van der Waals surface area contributed by atoms with E-state index >= 15 is 0 Å². The minimum Gasteiger partial charge on any atom is -0.481 e. The van der Waals surface area contributed by atoms with E-state index in [-0.39, 0.29) is 5.69 Å². The maximum Gasteiger partial charge on any atom is 0.309 e. The number of nitrogens with zero attached hydrogens (tertiary/aromatic N) is 2. The minimum absolute atomic E-state index is 0.0101. The van der Waals surface area contributed by atoms with Gasteiger partial charge in [0.25, 0.3) is 0 Å². The van der Waals surface area contributed by atoms with Crippen LogP contribution in [0.5, 0.6) is 0 Å². The molecule has 1 aromatic heterocycles. The molecule has 2 aromatic rings. The Bertz CT molecular complexity index is 760. The second-order valence-electron chi connectivity index (χ2n) is 5.37. The third-order valence-corrected chi connectivity index (χ3v) is 3.33. The van der Waals surface area contributed by atoms with Crippen molar-refractivity contribution in [3.05, 3.63) is 39.7 Å². The molecule has 2 rings (SSSR count). The Morgan fingerprint density at radius 1 is 1.43 bits per heavy atom. The highest BCUT2D eigenvalue weighted by Crippen LogP contribution is 2.26. The molecule has 1 aromatic carbocycles. The zero-order valence-electron chi connectivity index (χ0n) is 12.2. The number of hydrogen-bond acceptors (Lipinski definition) is 3. The van der Waals surface area contributed by atoms with Crippen LogP contribution in [0.1, 0.15) is 32.0 Å². The lowest BCUT2D eigenvalue weighted by Crippen LogP contribution is -2.22. The van der Waals surface area contributed by atoms with E-state index in [2.05, 4.69) is 5.10 Å². The Hall–Kier alpha value is -2.24. The first-order valence-corrected chi connectivity index (χ1v) is 6.69. The minimum atomic E-state index is -1.53. The zero-order chi connectivity index (χ0) is 15.8. The van der Waals surface area contributed by atoms with E-state index in [1.54, 1.807) is 12.1 Å². The molecule has 0 aliphatic heterocycles. The van der Waals surface area contributed by atoms with E-state index in [0.717, 1.165) is 0 Å². The lowest BCUT2D eigenvalue weighted by Gasteiger charge is -2.17. The SMILES string of the molecule is CCn1nc(CC(=O)O)c(=O)c2ccc(C(C)(C)F)cc21. The van der Waals surface area contributed by atoms with E-state index in [9.17, 15) is 14.0 Å². The number of carboxylic acids is 1. The Morgan fingerprint density at radius 3 is 2.62 bits per heavy atom. The summed E-state index contributed by atoms with van der Waals surface area (Å²) in [5.41, 5.74) is -0.989. The van der Waals surface area contributed by atoms with Crippen molar-refractivity contribution in [1.82, 2.24) is 9.78 Å². The molecule has 0 bridgehead atoms. The first kappa shape index (κ1) is 15.2. The number of aliphatic carboxylic acids is 1. The third kappa shape index (κ3) is 2.94. The Morgan fingerprint density at radius 2 is 2.10 bits per heavy atom. The van der Waals surface area contributed by atoms with E-state index in [1.807, 2.05) is 6.92 Å². The zero-order valence-corrected chi connectivity index (χ0v) is 12.2. The van der Waals surface area contributed by atoms with Gasteiger partial charge >= 0.3 is 5.97 Å². The van der Waals surface area contributed by atoms with Gasteiger partial charge in [0.15, 0.2) is 0 Å². The average molecular weight is 292 g/mol. The molecular formula is C15H17FN2O3. The number of alkyl halides is 1. The Labute approximate surface area is 121 Å².